The third-order valence-corrected chi connectivity index (χ3v) is 5.94. The van der Waals surface area contributed by atoms with Crippen LogP contribution in [-0.2, 0) is 28.7 Å². The number of aliphatic carboxylic acids is 1. The number of carboxylic acids is 1. The molecule has 0 aromatic carbocycles. The van der Waals surface area contributed by atoms with E-state index in [9.17, 15) is 19.2 Å². The molecule has 0 aliphatic carbocycles. The van der Waals surface area contributed by atoms with Crippen molar-refractivity contribution in [2.45, 2.75) is 11.4 Å². The zero-order valence-electron chi connectivity index (χ0n) is 15.8. The fraction of sp³-hybridized carbons (Fsp3) is 0.375. The molecule has 2 amide bonds. The Bertz CT molecular complexity index is 947. The van der Waals surface area contributed by atoms with Crippen molar-refractivity contribution >= 4 is 52.7 Å². The molecule has 166 valence electrons. The molecular formula is C16H16N4O9S2. The van der Waals surface area contributed by atoms with Crippen LogP contribution in [0.3, 0.4) is 0 Å². The van der Waals surface area contributed by atoms with Crippen LogP contribution >= 0.6 is 23.1 Å². The Morgan fingerprint density at radius 1 is 1.39 bits per heavy atom. The average Bonchev–Trinajstić information content (AvgIpc) is 3.24. The number of fused-ring (bicyclic) bond motifs is 1. The van der Waals surface area contributed by atoms with Gasteiger partial charge in [-0.2, -0.15) is 0 Å². The predicted molar refractivity (Wildman–Crippen MR) is 105 cm³/mol. The van der Waals surface area contributed by atoms with Gasteiger partial charge in [-0.05, 0) is 0 Å². The standard InChI is InChI=1S/C16H16N4O9S2/c1-27-2-7-4-31-15-11(13(24)20(15)14(7)29-16(25)26)18-12(23)10(8-5-30-6-17-8)19-28-3-9(21)22/h5-6,11,15H,2-4H2,1H3,(H,18,23)(H,21,22)(H,25,26)/t11?,15-/m0/s1. The van der Waals surface area contributed by atoms with Gasteiger partial charge in [0, 0.05) is 23.8 Å². The van der Waals surface area contributed by atoms with Gasteiger partial charge in [0.05, 0.1) is 12.1 Å². The number of carbonyl (C=O) groups excluding carboxylic acids is 2. The molecule has 0 radical (unpaired) electrons. The van der Waals surface area contributed by atoms with Crippen molar-refractivity contribution in [3.8, 4) is 0 Å². The molecule has 1 saturated heterocycles. The largest absolute Gasteiger partial charge is 0.512 e. The average molecular weight is 472 g/mol. The Labute approximate surface area is 182 Å². The van der Waals surface area contributed by atoms with Crippen molar-refractivity contribution in [1.29, 1.82) is 0 Å². The molecule has 1 fully saturated rings. The molecule has 2 aliphatic heterocycles. The van der Waals surface area contributed by atoms with Gasteiger partial charge in [-0.1, -0.05) is 5.16 Å². The number of thiazole rings is 1. The van der Waals surface area contributed by atoms with Crippen molar-refractivity contribution in [3.05, 3.63) is 28.0 Å². The summed E-state index contributed by atoms with van der Waals surface area (Å²) in [6, 6.07) is -0.989. The van der Waals surface area contributed by atoms with E-state index in [-0.39, 0.29) is 23.9 Å². The van der Waals surface area contributed by atoms with E-state index in [1.54, 1.807) is 0 Å². The highest BCUT2D eigenvalue weighted by Crippen LogP contribution is 2.40. The lowest BCUT2D eigenvalue weighted by atomic mass is 10.1. The molecular weight excluding hydrogens is 456 g/mol. The van der Waals surface area contributed by atoms with Crippen molar-refractivity contribution < 1.29 is 43.7 Å². The third-order valence-electron chi connectivity index (χ3n) is 4.02. The van der Waals surface area contributed by atoms with Gasteiger partial charge >= 0.3 is 12.1 Å². The van der Waals surface area contributed by atoms with E-state index in [1.807, 2.05) is 0 Å². The number of methoxy groups -OCH3 is 1. The van der Waals surface area contributed by atoms with E-state index in [1.165, 1.54) is 41.1 Å². The van der Waals surface area contributed by atoms with Crippen molar-refractivity contribution in [1.82, 2.24) is 15.2 Å². The summed E-state index contributed by atoms with van der Waals surface area (Å²) in [6.45, 7) is -0.691. The maximum Gasteiger partial charge on any atom is 0.512 e. The summed E-state index contributed by atoms with van der Waals surface area (Å²) >= 11 is 2.47. The van der Waals surface area contributed by atoms with Crippen LogP contribution in [0.1, 0.15) is 5.69 Å². The molecule has 31 heavy (non-hydrogen) atoms. The van der Waals surface area contributed by atoms with Gasteiger partial charge in [-0.3, -0.25) is 14.5 Å². The number of rotatable bonds is 9. The second kappa shape index (κ2) is 9.76. The maximum absolute atomic E-state index is 12.7. The molecule has 3 rings (SSSR count). The van der Waals surface area contributed by atoms with Crippen LogP contribution in [0.15, 0.2) is 27.5 Å². The number of hydrogen-bond donors (Lipinski definition) is 3. The fourth-order valence-electron chi connectivity index (χ4n) is 2.78. The van der Waals surface area contributed by atoms with E-state index in [4.69, 9.17) is 19.7 Å². The fourth-order valence-corrected chi connectivity index (χ4v) is 4.62. The molecule has 2 aliphatic rings. The minimum Gasteiger partial charge on any atom is -0.479 e. The molecule has 1 unspecified atom stereocenters. The molecule has 0 spiro atoms. The maximum atomic E-state index is 12.7. The van der Waals surface area contributed by atoms with E-state index >= 15 is 0 Å². The van der Waals surface area contributed by atoms with Crippen LogP contribution in [-0.4, -0.2) is 87.2 Å². The minimum absolute atomic E-state index is 0.0741. The van der Waals surface area contributed by atoms with Crippen molar-refractivity contribution in [3.63, 3.8) is 0 Å². The van der Waals surface area contributed by atoms with Gasteiger partial charge in [0.1, 0.15) is 17.1 Å². The topological polar surface area (TPSA) is 177 Å². The van der Waals surface area contributed by atoms with E-state index in [0.717, 1.165) is 4.90 Å². The quantitative estimate of drug-likeness (QED) is 0.189. The van der Waals surface area contributed by atoms with Gasteiger partial charge in [0.25, 0.3) is 11.8 Å². The minimum atomic E-state index is -1.58. The van der Waals surface area contributed by atoms with E-state index in [2.05, 4.69) is 20.3 Å². The third kappa shape index (κ3) is 4.95. The number of nitrogens with zero attached hydrogens (tertiary/aromatic N) is 3. The summed E-state index contributed by atoms with van der Waals surface area (Å²) in [6.07, 6.45) is -1.58. The zero-order chi connectivity index (χ0) is 22.5. The highest BCUT2D eigenvalue weighted by atomic mass is 32.2. The van der Waals surface area contributed by atoms with Crippen LogP contribution in [0.2, 0.25) is 0 Å². The molecule has 13 nitrogen and oxygen atoms in total. The van der Waals surface area contributed by atoms with Crippen molar-refractivity contribution in [2.75, 3.05) is 26.1 Å². The Morgan fingerprint density at radius 3 is 2.77 bits per heavy atom. The summed E-state index contributed by atoms with van der Waals surface area (Å²) in [5, 5.41) is 24.6. The van der Waals surface area contributed by atoms with E-state index < -0.39 is 42.0 Å². The molecule has 1 aromatic rings. The summed E-state index contributed by atoms with van der Waals surface area (Å²) in [7, 11) is 1.43. The number of carbonyl (C=O) groups is 4. The molecule has 3 heterocycles. The Morgan fingerprint density at radius 2 is 2.16 bits per heavy atom. The van der Waals surface area contributed by atoms with Gasteiger partial charge in [-0.15, -0.1) is 23.1 Å². The van der Waals surface area contributed by atoms with Crippen LogP contribution in [0.5, 0.6) is 0 Å². The number of aromatic nitrogens is 1. The first-order valence-electron chi connectivity index (χ1n) is 8.51. The first-order valence-corrected chi connectivity index (χ1v) is 10.5. The number of hydrogen-bond acceptors (Lipinski definition) is 11. The normalized spacial score (nSPS) is 20.6. The lowest BCUT2D eigenvalue weighted by Crippen LogP contribution is -2.70. The van der Waals surface area contributed by atoms with Crippen LogP contribution < -0.4 is 5.32 Å². The highest BCUT2D eigenvalue weighted by Gasteiger charge is 2.54. The smallest absolute Gasteiger partial charge is 0.479 e. The molecule has 0 bridgehead atoms. The number of oxime groups is 1. The zero-order valence-corrected chi connectivity index (χ0v) is 17.5. The lowest BCUT2D eigenvalue weighted by molar-refractivity contribution is -0.148. The Hall–Kier alpha value is -3.17. The van der Waals surface area contributed by atoms with Gasteiger partial charge in [-0.25, -0.2) is 14.6 Å². The molecule has 1 aromatic heterocycles. The summed E-state index contributed by atoms with van der Waals surface area (Å²) in [5.41, 5.74) is 1.77. The number of ether oxygens (including phenoxy) is 2. The molecule has 0 saturated carbocycles. The summed E-state index contributed by atoms with van der Waals surface area (Å²) < 4.78 is 9.81. The summed E-state index contributed by atoms with van der Waals surface area (Å²) in [5.74, 6) is -2.48. The first kappa shape index (κ1) is 22.5. The monoisotopic (exact) mass is 472 g/mol. The lowest BCUT2D eigenvalue weighted by Gasteiger charge is -2.49. The number of thioether (sulfide) groups is 1. The Balaban J connectivity index is 1.76. The molecule has 3 N–H and O–H groups in total. The second-order valence-corrected chi connectivity index (χ2v) is 7.88. The first-order chi connectivity index (χ1) is 14.8. The number of β-lactam (4-membered cyclic amide) rings is 1. The molecule has 2 atom stereocenters. The van der Waals surface area contributed by atoms with Gasteiger partial charge in [0.15, 0.2) is 5.71 Å². The van der Waals surface area contributed by atoms with Crippen LogP contribution in [0.25, 0.3) is 0 Å². The predicted octanol–water partition coefficient (Wildman–Crippen LogP) is -0.0991. The van der Waals surface area contributed by atoms with Gasteiger partial charge in [0.2, 0.25) is 12.5 Å². The summed E-state index contributed by atoms with van der Waals surface area (Å²) in [4.78, 5) is 56.8. The number of carboxylic acid groups (broad SMARTS) is 2. The Kier molecular flexibility index (Phi) is 7.09. The molecule has 15 heteroatoms. The van der Waals surface area contributed by atoms with E-state index in [0.29, 0.717) is 11.3 Å². The number of amides is 2. The van der Waals surface area contributed by atoms with Crippen LogP contribution in [0, 0.1) is 0 Å². The van der Waals surface area contributed by atoms with Crippen molar-refractivity contribution in [2.24, 2.45) is 5.16 Å². The SMILES string of the molecule is COCC1=C(OC(=O)O)N2C(=O)C(NC(=O)C(=NOCC(=O)O)c3cscn3)[C@@H]2SC1. The van der Waals surface area contributed by atoms with Gasteiger partial charge < -0.3 is 29.8 Å². The van der Waals surface area contributed by atoms with Crippen LogP contribution in [0.4, 0.5) is 4.79 Å². The number of nitrogens with one attached hydrogen (secondary N) is 1. The highest BCUT2D eigenvalue weighted by molar-refractivity contribution is 8.00. The second-order valence-electron chi connectivity index (χ2n) is 6.05.